The Kier molecular flexibility index (Phi) is 8.62. The largest absolute Gasteiger partial charge is 0.402 e. The van der Waals surface area contributed by atoms with Gasteiger partial charge in [-0.2, -0.15) is 5.11 Å². The summed E-state index contributed by atoms with van der Waals surface area (Å²) >= 11 is 0. The fourth-order valence-corrected chi connectivity index (χ4v) is 1.11. The van der Waals surface area contributed by atoms with Crippen molar-refractivity contribution in [2.75, 3.05) is 6.54 Å². The Morgan fingerprint density at radius 1 is 1.22 bits per heavy atom. The van der Waals surface area contributed by atoms with Crippen molar-refractivity contribution in [2.24, 2.45) is 22.3 Å². The van der Waals surface area contributed by atoms with Crippen LogP contribution in [0.1, 0.15) is 19.3 Å². The summed E-state index contributed by atoms with van der Waals surface area (Å²) in [5.41, 5.74) is 23.7. The number of unbranched alkanes of at least 4 members (excludes halogenated alkanes) is 1. The molecule has 7 heteroatoms. The molecule has 18 heavy (non-hydrogen) atoms. The normalized spacial score (nSPS) is 11.8. The molecule has 8 N–H and O–H groups in total. The molecule has 0 aromatic heterocycles. The number of allylic oxidation sites excluding steroid dienone is 4. The molecule has 0 aliphatic carbocycles. The number of hydrogen-bond donors (Lipinski definition) is 5. The van der Waals surface area contributed by atoms with Crippen molar-refractivity contribution in [3.63, 3.8) is 0 Å². The summed E-state index contributed by atoms with van der Waals surface area (Å²) in [5, 5.41) is 5.91. The van der Waals surface area contributed by atoms with Crippen LogP contribution in [-0.4, -0.2) is 12.8 Å². The van der Waals surface area contributed by atoms with E-state index in [1.54, 1.807) is 12.2 Å². The maximum Gasteiger partial charge on any atom is 0.171 e. The molecule has 0 aliphatic heterocycles. The van der Waals surface area contributed by atoms with Crippen molar-refractivity contribution < 1.29 is 4.79 Å². The minimum absolute atomic E-state index is 0.0676. The number of aldehydes is 1. The van der Waals surface area contributed by atoms with Crippen molar-refractivity contribution in [3.05, 3.63) is 35.6 Å². The van der Waals surface area contributed by atoms with Gasteiger partial charge in [0.25, 0.3) is 0 Å². The van der Waals surface area contributed by atoms with Crippen LogP contribution < -0.4 is 22.5 Å². The van der Waals surface area contributed by atoms with E-state index in [0.29, 0.717) is 18.5 Å². The molecule has 0 spiro atoms. The number of carbonyl (C=O) groups is 1. The summed E-state index contributed by atoms with van der Waals surface area (Å²) in [5.74, 6) is 0.227. The van der Waals surface area contributed by atoms with Gasteiger partial charge in [-0.1, -0.05) is 0 Å². The van der Waals surface area contributed by atoms with Crippen LogP contribution in [0.4, 0.5) is 0 Å². The summed E-state index contributed by atoms with van der Waals surface area (Å²) in [7, 11) is 0. The first-order chi connectivity index (χ1) is 8.60. The van der Waals surface area contributed by atoms with Crippen LogP contribution in [0.2, 0.25) is 0 Å². The van der Waals surface area contributed by atoms with Gasteiger partial charge in [-0.3, -0.25) is 4.79 Å². The number of nitrogens with one attached hydrogen (secondary N) is 2. The molecule has 100 valence electrons. The minimum atomic E-state index is 0.0676. The summed E-state index contributed by atoms with van der Waals surface area (Å²) in [6.07, 6.45) is 7.71. The highest BCUT2D eigenvalue weighted by molar-refractivity contribution is 5.71. The van der Waals surface area contributed by atoms with Gasteiger partial charge in [0.1, 0.15) is 5.70 Å². The van der Waals surface area contributed by atoms with Gasteiger partial charge >= 0.3 is 0 Å². The SMILES string of the molecule is N=N/C(C=O)=C\NCCCC/C(N)=C/C=C(N)N. The highest BCUT2D eigenvalue weighted by Crippen LogP contribution is 2.01. The Hall–Kier alpha value is -2.31. The molecule has 0 amide bonds. The van der Waals surface area contributed by atoms with Gasteiger partial charge in [-0.05, 0) is 31.4 Å². The van der Waals surface area contributed by atoms with Gasteiger partial charge in [0, 0.05) is 18.4 Å². The minimum Gasteiger partial charge on any atom is -0.402 e. The molecule has 0 rings (SSSR count). The van der Waals surface area contributed by atoms with Crippen LogP contribution in [0.25, 0.3) is 0 Å². The van der Waals surface area contributed by atoms with Crippen LogP contribution in [0.3, 0.4) is 0 Å². The predicted molar refractivity (Wildman–Crippen MR) is 69.9 cm³/mol. The number of hydrogen-bond acceptors (Lipinski definition) is 7. The molecule has 0 aliphatic rings. The Bertz CT molecular complexity index is 345. The van der Waals surface area contributed by atoms with Crippen LogP contribution in [0, 0.1) is 5.53 Å². The number of rotatable bonds is 9. The third kappa shape index (κ3) is 8.96. The van der Waals surface area contributed by atoms with E-state index in [2.05, 4.69) is 10.4 Å². The van der Waals surface area contributed by atoms with Gasteiger partial charge < -0.3 is 22.5 Å². The highest BCUT2D eigenvalue weighted by Gasteiger charge is 1.92. The average Bonchev–Trinajstić information content (AvgIpc) is 2.35. The summed E-state index contributed by atoms with van der Waals surface area (Å²) < 4.78 is 0. The smallest absolute Gasteiger partial charge is 0.171 e. The van der Waals surface area contributed by atoms with Gasteiger partial charge in [0.05, 0.1) is 5.82 Å². The Morgan fingerprint density at radius 2 is 1.94 bits per heavy atom. The number of nitrogens with zero attached hydrogens (tertiary/aromatic N) is 1. The average molecular weight is 252 g/mol. The molecule has 0 fully saturated rings. The van der Waals surface area contributed by atoms with E-state index in [1.807, 2.05) is 0 Å². The Morgan fingerprint density at radius 3 is 2.50 bits per heavy atom. The van der Waals surface area contributed by atoms with Crippen LogP contribution in [0.5, 0.6) is 0 Å². The summed E-state index contributed by atoms with van der Waals surface area (Å²) in [6.45, 7) is 0.689. The molecular formula is C11H20N6O. The zero-order chi connectivity index (χ0) is 13.8. The third-order valence-electron chi connectivity index (χ3n) is 2.03. The molecule has 0 unspecified atom stereocenters. The maximum atomic E-state index is 10.3. The summed E-state index contributed by atoms with van der Waals surface area (Å²) in [4.78, 5) is 10.3. The Labute approximate surface area is 106 Å². The molecule has 0 atom stereocenters. The molecule has 0 radical (unpaired) electrons. The van der Waals surface area contributed by atoms with Crippen LogP contribution in [0.15, 0.2) is 40.7 Å². The lowest BCUT2D eigenvalue weighted by Gasteiger charge is -2.02. The van der Waals surface area contributed by atoms with Crippen molar-refractivity contribution in [3.8, 4) is 0 Å². The van der Waals surface area contributed by atoms with E-state index in [0.717, 1.165) is 19.3 Å². The topological polar surface area (TPSA) is 143 Å². The first-order valence-electron chi connectivity index (χ1n) is 5.53. The van der Waals surface area contributed by atoms with Crippen molar-refractivity contribution in [2.45, 2.75) is 19.3 Å². The second-order valence-corrected chi connectivity index (χ2v) is 3.62. The van der Waals surface area contributed by atoms with Gasteiger partial charge in [0.2, 0.25) is 0 Å². The third-order valence-corrected chi connectivity index (χ3v) is 2.03. The van der Waals surface area contributed by atoms with Gasteiger partial charge in [-0.25, -0.2) is 5.53 Å². The zero-order valence-corrected chi connectivity index (χ0v) is 10.2. The first-order valence-corrected chi connectivity index (χ1v) is 5.53. The molecule has 0 aromatic carbocycles. The lowest BCUT2D eigenvalue weighted by atomic mass is 10.2. The molecule has 0 saturated carbocycles. The van der Waals surface area contributed by atoms with Gasteiger partial charge in [-0.15, -0.1) is 0 Å². The zero-order valence-electron chi connectivity index (χ0n) is 10.2. The standard InChI is InChI=1S/C11H20N6O/c12-9(4-5-11(13)14)3-1-2-6-16-7-10(8-18)17-15/h4-5,7-8,15-16H,1-3,6,12-14H2/b9-4-,10-7-,17-15?. The lowest BCUT2D eigenvalue weighted by molar-refractivity contribution is -0.105. The monoisotopic (exact) mass is 252 g/mol. The first kappa shape index (κ1) is 15.7. The molecule has 0 aromatic rings. The fraction of sp³-hybridized carbons (Fsp3) is 0.364. The fourth-order valence-electron chi connectivity index (χ4n) is 1.11. The number of carbonyl (C=O) groups excluding carboxylic acids is 1. The van der Waals surface area contributed by atoms with E-state index in [4.69, 9.17) is 22.7 Å². The van der Waals surface area contributed by atoms with Crippen molar-refractivity contribution in [1.82, 2.24) is 5.32 Å². The molecule has 0 saturated heterocycles. The van der Waals surface area contributed by atoms with E-state index >= 15 is 0 Å². The molecular weight excluding hydrogens is 232 g/mol. The maximum absolute atomic E-state index is 10.3. The van der Waals surface area contributed by atoms with Gasteiger partial charge in [0.15, 0.2) is 6.29 Å². The predicted octanol–water partition coefficient (Wildman–Crippen LogP) is 0.419. The van der Waals surface area contributed by atoms with E-state index in [1.165, 1.54) is 6.20 Å². The van der Waals surface area contributed by atoms with Crippen LogP contribution >= 0.6 is 0 Å². The van der Waals surface area contributed by atoms with E-state index in [-0.39, 0.29) is 11.5 Å². The molecule has 0 heterocycles. The Balaban J connectivity index is 3.72. The van der Waals surface area contributed by atoms with E-state index < -0.39 is 0 Å². The molecule has 7 nitrogen and oxygen atoms in total. The second-order valence-electron chi connectivity index (χ2n) is 3.62. The second kappa shape index (κ2) is 9.88. The van der Waals surface area contributed by atoms with Crippen molar-refractivity contribution in [1.29, 1.82) is 5.53 Å². The number of nitrogens with two attached hydrogens (primary N) is 3. The molecule has 0 bridgehead atoms. The lowest BCUT2D eigenvalue weighted by Crippen LogP contribution is -2.09. The quantitative estimate of drug-likeness (QED) is 0.133. The highest BCUT2D eigenvalue weighted by atomic mass is 16.1. The summed E-state index contributed by atoms with van der Waals surface area (Å²) in [6, 6.07) is 0. The van der Waals surface area contributed by atoms with Crippen LogP contribution in [-0.2, 0) is 4.79 Å². The van der Waals surface area contributed by atoms with E-state index in [9.17, 15) is 4.79 Å². The van der Waals surface area contributed by atoms with Crippen molar-refractivity contribution >= 4 is 6.29 Å².